The highest BCUT2D eigenvalue weighted by Crippen LogP contribution is 2.21. The number of nitrogens with zero attached hydrogens (tertiary/aromatic N) is 2. The Morgan fingerprint density at radius 1 is 1.48 bits per heavy atom. The van der Waals surface area contributed by atoms with Crippen LogP contribution in [0.3, 0.4) is 0 Å². The number of nitrogens with two attached hydrogens (primary N) is 1. The van der Waals surface area contributed by atoms with Gasteiger partial charge in [0.05, 0.1) is 18.4 Å². The molecule has 0 atom stereocenters. The third kappa shape index (κ3) is 3.84. The molecule has 21 heavy (non-hydrogen) atoms. The Labute approximate surface area is 125 Å². The molecule has 0 saturated heterocycles. The van der Waals surface area contributed by atoms with Gasteiger partial charge in [-0.1, -0.05) is 26.0 Å². The van der Waals surface area contributed by atoms with Crippen LogP contribution in [-0.2, 0) is 0 Å². The molecule has 5 heteroatoms. The van der Waals surface area contributed by atoms with Crippen LogP contribution >= 0.6 is 0 Å². The van der Waals surface area contributed by atoms with Gasteiger partial charge in [0.15, 0.2) is 0 Å². The number of carbonyl (C=O) groups excluding carboxylic acids is 1. The van der Waals surface area contributed by atoms with Gasteiger partial charge in [-0.3, -0.25) is 4.79 Å². The van der Waals surface area contributed by atoms with Crippen molar-refractivity contribution >= 4 is 17.4 Å². The van der Waals surface area contributed by atoms with Crippen molar-refractivity contribution in [3.8, 4) is 0 Å². The van der Waals surface area contributed by atoms with E-state index in [0.29, 0.717) is 30.4 Å². The predicted molar refractivity (Wildman–Crippen MR) is 85.8 cm³/mol. The summed E-state index contributed by atoms with van der Waals surface area (Å²) in [5.41, 5.74) is 8.29. The van der Waals surface area contributed by atoms with E-state index in [2.05, 4.69) is 24.2 Å². The lowest BCUT2D eigenvalue weighted by Gasteiger charge is -2.25. The van der Waals surface area contributed by atoms with E-state index in [9.17, 15) is 4.79 Å². The van der Waals surface area contributed by atoms with Crippen molar-refractivity contribution in [1.82, 2.24) is 10.2 Å². The van der Waals surface area contributed by atoms with Crippen LogP contribution in [0.15, 0.2) is 35.5 Å². The maximum absolute atomic E-state index is 12.1. The number of amidine groups is 1. The van der Waals surface area contributed by atoms with Crippen molar-refractivity contribution < 1.29 is 4.79 Å². The molecule has 0 bridgehead atoms. The van der Waals surface area contributed by atoms with Crippen molar-refractivity contribution in [3.63, 3.8) is 0 Å². The molecule has 1 aromatic carbocycles. The van der Waals surface area contributed by atoms with Crippen LogP contribution in [0, 0.1) is 5.92 Å². The highest BCUT2D eigenvalue weighted by molar-refractivity contribution is 5.95. The topological polar surface area (TPSA) is 70.7 Å². The number of benzene rings is 1. The van der Waals surface area contributed by atoms with Crippen LogP contribution in [0.2, 0.25) is 0 Å². The van der Waals surface area contributed by atoms with Crippen molar-refractivity contribution in [2.45, 2.75) is 13.8 Å². The molecule has 0 fully saturated rings. The van der Waals surface area contributed by atoms with Gasteiger partial charge in [-0.05, 0) is 18.1 Å². The average molecular weight is 286 g/mol. The largest absolute Gasteiger partial charge is 0.386 e. The number of carbonyl (C=O) groups is 1. The molecule has 0 aromatic heterocycles. The van der Waals surface area contributed by atoms with Crippen LogP contribution in [-0.4, -0.2) is 36.8 Å². The Bertz CT molecular complexity index is 590. The van der Waals surface area contributed by atoms with Crippen molar-refractivity contribution in [3.05, 3.63) is 41.6 Å². The van der Waals surface area contributed by atoms with Gasteiger partial charge in [0.1, 0.15) is 5.84 Å². The van der Waals surface area contributed by atoms with E-state index in [1.807, 2.05) is 36.2 Å². The third-order valence-corrected chi connectivity index (χ3v) is 3.25. The molecule has 0 saturated carbocycles. The van der Waals surface area contributed by atoms with Gasteiger partial charge < -0.3 is 16.0 Å². The fraction of sp³-hybridized carbons (Fsp3) is 0.375. The summed E-state index contributed by atoms with van der Waals surface area (Å²) in [7, 11) is 1.96. The fourth-order valence-electron chi connectivity index (χ4n) is 2.13. The Morgan fingerprint density at radius 3 is 2.90 bits per heavy atom. The van der Waals surface area contributed by atoms with Crippen LogP contribution in [0.5, 0.6) is 0 Å². The van der Waals surface area contributed by atoms with Crippen molar-refractivity contribution in [2.24, 2.45) is 16.6 Å². The molecular formula is C16H22N4O. The zero-order valence-corrected chi connectivity index (χ0v) is 12.8. The number of amides is 1. The first-order valence-electron chi connectivity index (χ1n) is 7.09. The standard InChI is InChI=1S/C16H22N4O/c1-11(2)8-19-16(21)13-6-4-5-12(7-13)14-9-18-15(17)10-20(14)3/h4-7,9,11H,8,10H2,1-3H3,(H2,17,18)(H,19,21). The molecule has 1 aliphatic rings. The Morgan fingerprint density at radius 2 is 2.24 bits per heavy atom. The molecule has 0 aliphatic carbocycles. The molecule has 5 nitrogen and oxygen atoms in total. The second kappa shape index (κ2) is 6.43. The second-order valence-corrected chi connectivity index (χ2v) is 5.68. The highest BCUT2D eigenvalue weighted by atomic mass is 16.1. The molecule has 1 heterocycles. The van der Waals surface area contributed by atoms with Gasteiger partial charge in [-0.25, -0.2) is 4.99 Å². The lowest BCUT2D eigenvalue weighted by molar-refractivity contribution is 0.0949. The van der Waals surface area contributed by atoms with Crippen LogP contribution in [0.4, 0.5) is 0 Å². The molecule has 3 N–H and O–H groups in total. The first kappa shape index (κ1) is 15.1. The number of hydrogen-bond donors (Lipinski definition) is 2. The van der Waals surface area contributed by atoms with E-state index in [4.69, 9.17) is 5.73 Å². The lowest BCUT2D eigenvalue weighted by atomic mass is 10.1. The van der Waals surface area contributed by atoms with Gasteiger partial charge in [-0.2, -0.15) is 0 Å². The van der Waals surface area contributed by atoms with Crippen LogP contribution in [0.25, 0.3) is 5.70 Å². The summed E-state index contributed by atoms with van der Waals surface area (Å²) in [6.45, 7) is 5.41. The van der Waals surface area contributed by atoms with E-state index < -0.39 is 0 Å². The first-order chi connectivity index (χ1) is 9.97. The number of rotatable bonds is 4. The summed E-state index contributed by atoms with van der Waals surface area (Å²) >= 11 is 0. The smallest absolute Gasteiger partial charge is 0.251 e. The Hall–Kier alpha value is -2.30. The van der Waals surface area contributed by atoms with Gasteiger partial charge in [0, 0.05) is 24.7 Å². The van der Waals surface area contributed by atoms with Crippen LogP contribution < -0.4 is 11.1 Å². The first-order valence-corrected chi connectivity index (χ1v) is 7.09. The second-order valence-electron chi connectivity index (χ2n) is 5.68. The normalized spacial score (nSPS) is 14.8. The van der Waals surface area contributed by atoms with E-state index in [0.717, 1.165) is 11.3 Å². The lowest BCUT2D eigenvalue weighted by Crippen LogP contribution is -2.32. The SMILES string of the molecule is CC(C)CNC(=O)c1cccc(C2=CN=C(N)CN2C)c1. The van der Waals surface area contributed by atoms with Gasteiger partial charge in [0.2, 0.25) is 0 Å². The maximum atomic E-state index is 12.1. The molecule has 0 unspecified atom stereocenters. The Balaban J connectivity index is 2.20. The maximum Gasteiger partial charge on any atom is 0.251 e. The average Bonchev–Trinajstić information content (AvgIpc) is 2.45. The van der Waals surface area contributed by atoms with E-state index in [1.54, 1.807) is 6.20 Å². The van der Waals surface area contributed by atoms with E-state index >= 15 is 0 Å². The third-order valence-electron chi connectivity index (χ3n) is 3.25. The number of likely N-dealkylation sites (N-methyl/N-ethyl adjacent to an activating group) is 1. The van der Waals surface area contributed by atoms with Gasteiger partial charge in [0.25, 0.3) is 5.91 Å². The molecule has 1 aliphatic heterocycles. The number of nitrogens with one attached hydrogen (secondary N) is 1. The predicted octanol–water partition coefficient (Wildman–Crippen LogP) is 1.67. The van der Waals surface area contributed by atoms with Crippen molar-refractivity contribution in [1.29, 1.82) is 0 Å². The summed E-state index contributed by atoms with van der Waals surface area (Å²) in [5.74, 6) is 0.973. The fourth-order valence-corrected chi connectivity index (χ4v) is 2.13. The molecule has 1 amide bonds. The summed E-state index contributed by atoms with van der Waals surface area (Å²) in [5, 5.41) is 2.93. The Kier molecular flexibility index (Phi) is 4.62. The number of hydrogen-bond acceptors (Lipinski definition) is 4. The summed E-state index contributed by atoms with van der Waals surface area (Å²) in [6, 6.07) is 7.56. The quantitative estimate of drug-likeness (QED) is 0.884. The summed E-state index contributed by atoms with van der Waals surface area (Å²) in [6.07, 6.45) is 1.74. The number of aliphatic imine (C=N–C) groups is 1. The molecule has 2 rings (SSSR count). The minimum absolute atomic E-state index is 0.0485. The van der Waals surface area contributed by atoms with Crippen LogP contribution in [0.1, 0.15) is 29.8 Å². The minimum Gasteiger partial charge on any atom is -0.386 e. The summed E-state index contributed by atoms with van der Waals surface area (Å²) in [4.78, 5) is 18.3. The molecule has 112 valence electrons. The minimum atomic E-state index is -0.0485. The van der Waals surface area contributed by atoms with Gasteiger partial charge in [-0.15, -0.1) is 0 Å². The zero-order chi connectivity index (χ0) is 15.4. The van der Waals surface area contributed by atoms with Crippen molar-refractivity contribution in [2.75, 3.05) is 20.1 Å². The zero-order valence-electron chi connectivity index (χ0n) is 12.8. The molecule has 1 aromatic rings. The molecular weight excluding hydrogens is 264 g/mol. The molecule has 0 spiro atoms. The highest BCUT2D eigenvalue weighted by Gasteiger charge is 2.14. The monoisotopic (exact) mass is 286 g/mol. The van der Waals surface area contributed by atoms with Gasteiger partial charge >= 0.3 is 0 Å². The molecule has 0 radical (unpaired) electrons. The summed E-state index contributed by atoms with van der Waals surface area (Å²) < 4.78 is 0. The van der Waals surface area contributed by atoms with E-state index in [-0.39, 0.29) is 5.91 Å². The van der Waals surface area contributed by atoms with E-state index in [1.165, 1.54) is 0 Å².